The summed E-state index contributed by atoms with van der Waals surface area (Å²) >= 11 is 0. The molecule has 2 fully saturated rings. The Morgan fingerprint density at radius 1 is 1.16 bits per heavy atom. The van der Waals surface area contributed by atoms with Crippen molar-refractivity contribution in [3.05, 3.63) is 70.6 Å². The van der Waals surface area contributed by atoms with E-state index in [1.54, 1.807) is 12.1 Å². The lowest BCUT2D eigenvalue weighted by Gasteiger charge is -2.22. The first kappa shape index (κ1) is 23.7. The lowest BCUT2D eigenvalue weighted by Crippen LogP contribution is -2.21. The lowest BCUT2D eigenvalue weighted by molar-refractivity contribution is -0.274. The molecule has 172 valence electrons. The molecule has 0 unspecified atom stereocenters. The van der Waals surface area contributed by atoms with E-state index in [2.05, 4.69) is 16.6 Å². The van der Waals surface area contributed by atoms with E-state index in [0.717, 1.165) is 59.4 Å². The summed E-state index contributed by atoms with van der Waals surface area (Å²) in [7, 11) is 0. The van der Waals surface area contributed by atoms with E-state index in [4.69, 9.17) is 9.73 Å². The number of halogens is 3. The van der Waals surface area contributed by atoms with Crippen molar-refractivity contribution in [3.63, 3.8) is 0 Å². The van der Waals surface area contributed by atoms with Crippen LogP contribution in [0.3, 0.4) is 0 Å². The summed E-state index contributed by atoms with van der Waals surface area (Å²) in [6, 6.07) is 5.89. The molecule has 0 atom stereocenters. The van der Waals surface area contributed by atoms with Gasteiger partial charge in [-0.05, 0) is 81.4 Å². The molecule has 1 saturated heterocycles. The van der Waals surface area contributed by atoms with Gasteiger partial charge >= 0.3 is 6.36 Å². The Labute approximate surface area is 187 Å². The standard InChI is InChI=1S/C25H29F3N2O2/c1-5-22(19-8-9-19)29-15-23(16(2)3)30-24-21(7-6-14-31-24)17(4)18-10-12-20(13-11-18)32-25(26,27)28/h5,10-13,29H,1,6-9,14-15H2,2-4H3/b21-17+,30-24?. The molecule has 1 heterocycles. The Kier molecular flexibility index (Phi) is 7.48. The molecule has 7 heteroatoms. The van der Waals surface area contributed by atoms with E-state index in [9.17, 15) is 13.2 Å². The van der Waals surface area contributed by atoms with Crippen molar-refractivity contribution in [1.29, 1.82) is 0 Å². The summed E-state index contributed by atoms with van der Waals surface area (Å²) in [4.78, 5) is 4.84. The molecule has 0 aromatic heterocycles. The van der Waals surface area contributed by atoms with Gasteiger partial charge in [0.2, 0.25) is 5.90 Å². The van der Waals surface area contributed by atoms with Crippen LogP contribution in [0.1, 0.15) is 52.0 Å². The minimum atomic E-state index is -4.71. The molecule has 0 spiro atoms. The molecular weight excluding hydrogens is 417 g/mol. The highest BCUT2D eigenvalue weighted by Gasteiger charge is 2.31. The number of aliphatic imine (C=N–C) groups is 1. The predicted molar refractivity (Wildman–Crippen MR) is 121 cm³/mol. The van der Waals surface area contributed by atoms with Crippen LogP contribution in [0, 0.1) is 0 Å². The van der Waals surface area contributed by atoms with E-state index in [1.165, 1.54) is 17.7 Å². The number of hydrogen-bond donors (Lipinski definition) is 1. The summed E-state index contributed by atoms with van der Waals surface area (Å²) in [5.41, 5.74) is 7.11. The zero-order chi connectivity index (χ0) is 23.3. The van der Waals surface area contributed by atoms with Crippen molar-refractivity contribution in [2.24, 2.45) is 4.99 Å². The number of allylic oxidation sites excluding steroid dienone is 4. The molecule has 1 aliphatic heterocycles. The van der Waals surface area contributed by atoms with E-state index >= 15 is 0 Å². The van der Waals surface area contributed by atoms with Gasteiger partial charge in [-0.1, -0.05) is 24.3 Å². The number of nitrogens with zero attached hydrogens (tertiary/aromatic N) is 1. The molecule has 1 N–H and O–H groups in total. The van der Waals surface area contributed by atoms with Crippen molar-refractivity contribution in [2.75, 3.05) is 13.2 Å². The van der Waals surface area contributed by atoms with Gasteiger partial charge in [0, 0.05) is 11.3 Å². The van der Waals surface area contributed by atoms with Gasteiger partial charge in [-0.15, -0.1) is 13.2 Å². The highest BCUT2D eigenvalue weighted by Crippen LogP contribution is 2.31. The van der Waals surface area contributed by atoms with Crippen LogP contribution in [0.2, 0.25) is 0 Å². The minimum Gasteiger partial charge on any atom is -0.477 e. The van der Waals surface area contributed by atoms with Crippen LogP contribution in [0.15, 0.2) is 70.0 Å². The topological polar surface area (TPSA) is 42.9 Å². The van der Waals surface area contributed by atoms with Gasteiger partial charge in [0.25, 0.3) is 0 Å². The Morgan fingerprint density at radius 2 is 1.84 bits per heavy atom. The Hall–Kier alpha value is -2.96. The van der Waals surface area contributed by atoms with Crippen molar-refractivity contribution in [1.82, 2.24) is 5.32 Å². The molecule has 0 amide bonds. The average Bonchev–Trinajstić information content (AvgIpc) is 3.58. The number of hydrogen-bond acceptors (Lipinski definition) is 4. The smallest absolute Gasteiger partial charge is 0.477 e. The van der Waals surface area contributed by atoms with E-state index < -0.39 is 6.36 Å². The third kappa shape index (κ3) is 6.52. The van der Waals surface area contributed by atoms with E-state index in [1.807, 2.05) is 26.8 Å². The third-order valence-electron chi connectivity index (χ3n) is 5.39. The zero-order valence-corrected chi connectivity index (χ0v) is 18.7. The first-order chi connectivity index (χ1) is 15.2. The maximum atomic E-state index is 12.4. The largest absolute Gasteiger partial charge is 0.573 e. The first-order valence-corrected chi connectivity index (χ1v) is 10.7. The van der Waals surface area contributed by atoms with Crippen LogP contribution in [0.4, 0.5) is 13.2 Å². The molecule has 4 nitrogen and oxygen atoms in total. The lowest BCUT2D eigenvalue weighted by atomic mass is 9.96. The molecule has 32 heavy (non-hydrogen) atoms. The van der Waals surface area contributed by atoms with Gasteiger partial charge in [-0.2, -0.15) is 0 Å². The Balaban J connectivity index is 1.85. The quantitative estimate of drug-likeness (QED) is 0.508. The third-order valence-corrected chi connectivity index (χ3v) is 5.39. The van der Waals surface area contributed by atoms with Gasteiger partial charge < -0.3 is 14.8 Å². The first-order valence-electron chi connectivity index (χ1n) is 10.7. The van der Waals surface area contributed by atoms with E-state index in [0.29, 0.717) is 19.0 Å². The maximum absolute atomic E-state index is 12.4. The number of benzene rings is 1. The predicted octanol–water partition coefficient (Wildman–Crippen LogP) is 6.69. The Morgan fingerprint density at radius 3 is 2.41 bits per heavy atom. The fraction of sp³-hybridized carbons (Fsp3) is 0.400. The molecule has 1 aromatic carbocycles. The van der Waals surface area contributed by atoms with Crippen molar-refractivity contribution < 1.29 is 22.6 Å². The van der Waals surface area contributed by atoms with Crippen molar-refractivity contribution >= 4 is 11.5 Å². The van der Waals surface area contributed by atoms with Crippen LogP contribution in [-0.4, -0.2) is 25.4 Å². The average molecular weight is 447 g/mol. The minimum absolute atomic E-state index is 0.242. The molecule has 1 aliphatic carbocycles. The fourth-order valence-corrected chi connectivity index (χ4v) is 3.44. The molecule has 0 bridgehead atoms. The SMILES string of the molecule is C=CC(NCC(N=C1OCCC/C1=C(/C)c1ccc(OC(F)(F)F)cc1)=C(C)C)=C1CC1. The summed E-state index contributed by atoms with van der Waals surface area (Å²) in [6.45, 7) is 11.0. The normalized spacial score (nSPS) is 18.6. The van der Waals surface area contributed by atoms with Crippen LogP contribution in [0.25, 0.3) is 5.57 Å². The van der Waals surface area contributed by atoms with Gasteiger partial charge in [0.05, 0.1) is 18.8 Å². The second kappa shape index (κ2) is 10.1. The molecule has 3 rings (SSSR count). The number of rotatable bonds is 7. The number of nitrogens with one attached hydrogen (secondary N) is 1. The number of alkyl halides is 3. The second-order valence-corrected chi connectivity index (χ2v) is 8.07. The van der Waals surface area contributed by atoms with Crippen LogP contribution in [-0.2, 0) is 4.74 Å². The maximum Gasteiger partial charge on any atom is 0.573 e. The van der Waals surface area contributed by atoms with Crippen molar-refractivity contribution in [3.8, 4) is 5.75 Å². The zero-order valence-electron chi connectivity index (χ0n) is 18.7. The van der Waals surface area contributed by atoms with Crippen molar-refractivity contribution in [2.45, 2.75) is 52.8 Å². The van der Waals surface area contributed by atoms with Crippen LogP contribution in [0.5, 0.6) is 5.75 Å². The molecule has 2 aliphatic rings. The second-order valence-electron chi connectivity index (χ2n) is 8.07. The Bertz CT molecular complexity index is 973. The van der Waals surface area contributed by atoms with E-state index in [-0.39, 0.29) is 5.75 Å². The van der Waals surface area contributed by atoms with Crippen LogP contribution >= 0.6 is 0 Å². The van der Waals surface area contributed by atoms with Gasteiger partial charge in [-0.25, -0.2) is 4.99 Å². The summed E-state index contributed by atoms with van der Waals surface area (Å²) in [5, 5.41) is 3.42. The summed E-state index contributed by atoms with van der Waals surface area (Å²) < 4.78 is 47.2. The monoisotopic (exact) mass is 446 g/mol. The fourth-order valence-electron chi connectivity index (χ4n) is 3.44. The van der Waals surface area contributed by atoms with Gasteiger partial charge in [-0.3, -0.25) is 0 Å². The van der Waals surface area contributed by atoms with Crippen LogP contribution < -0.4 is 10.1 Å². The molecule has 0 radical (unpaired) electrons. The highest BCUT2D eigenvalue weighted by molar-refractivity contribution is 6.02. The summed E-state index contributed by atoms with van der Waals surface area (Å²) in [6.07, 6.45) is 0.996. The molecular formula is C25H29F3N2O2. The number of ether oxygens (including phenoxy) is 2. The highest BCUT2D eigenvalue weighted by atomic mass is 19.4. The molecule has 1 aromatic rings. The van der Waals surface area contributed by atoms with Gasteiger partial charge in [0.15, 0.2) is 0 Å². The van der Waals surface area contributed by atoms with Gasteiger partial charge in [0.1, 0.15) is 5.75 Å². The molecule has 1 saturated carbocycles. The summed E-state index contributed by atoms with van der Waals surface area (Å²) in [5.74, 6) is 0.329.